The van der Waals surface area contributed by atoms with Crippen LogP contribution in [0.3, 0.4) is 0 Å². The van der Waals surface area contributed by atoms with Gasteiger partial charge in [0.25, 0.3) is 5.91 Å². The van der Waals surface area contributed by atoms with E-state index in [4.69, 9.17) is 0 Å². The minimum absolute atomic E-state index is 0.0337. The van der Waals surface area contributed by atoms with Crippen LogP contribution in [0.25, 0.3) is 0 Å². The van der Waals surface area contributed by atoms with E-state index in [9.17, 15) is 9.59 Å². The Hall–Kier alpha value is -2.04. The molecule has 2 aliphatic rings. The summed E-state index contributed by atoms with van der Waals surface area (Å²) in [4.78, 5) is 27.1. The van der Waals surface area contributed by atoms with E-state index in [0.29, 0.717) is 12.0 Å². The van der Waals surface area contributed by atoms with E-state index in [1.165, 1.54) is 82.6 Å². The fourth-order valence-electron chi connectivity index (χ4n) is 5.87. The quantitative estimate of drug-likeness (QED) is 0.215. The molecule has 1 aliphatic heterocycles. The van der Waals surface area contributed by atoms with Crippen molar-refractivity contribution in [3.8, 4) is 0 Å². The minimum Gasteiger partial charge on any atom is -0.352 e. The maximum Gasteiger partial charge on any atom is 0.317 e. The van der Waals surface area contributed by atoms with Gasteiger partial charge in [-0.1, -0.05) is 96.1 Å². The molecule has 0 aromatic heterocycles. The molecule has 213 valence electrons. The maximum atomic E-state index is 12.6. The maximum absolute atomic E-state index is 12.6. The number of hydrogen-bond acceptors (Lipinski definition) is 2. The topological polar surface area (TPSA) is 61.4 Å². The van der Waals surface area contributed by atoms with Crippen molar-refractivity contribution >= 4 is 11.9 Å². The third kappa shape index (κ3) is 11.8. The molecule has 1 saturated carbocycles. The highest BCUT2D eigenvalue weighted by Gasteiger charge is 2.25. The Morgan fingerprint density at radius 3 is 2.05 bits per heavy atom. The standard InChI is InChI=1S/C33H54N3O2/c1-2-3-4-5-6-7-8-9-10-14-25-34-32(37)30-21-19-28(20-22-30)17-18-29-23-26-36(27-24-29)33(38)35-31-15-12-11-13-16-31/h17,19-22,29,31H,2-16,18,23-27H2,1H3,(H,34,37)(H,35,38). The number of nitrogens with one attached hydrogen (secondary N) is 2. The molecule has 1 aliphatic carbocycles. The number of piperidine rings is 1. The van der Waals surface area contributed by atoms with Crippen LogP contribution in [0.5, 0.6) is 0 Å². The molecule has 5 heteroatoms. The van der Waals surface area contributed by atoms with Crippen molar-refractivity contribution in [1.82, 2.24) is 15.5 Å². The fraction of sp³-hybridized carbons (Fsp3) is 0.727. The zero-order chi connectivity index (χ0) is 26.8. The number of nitrogens with zero attached hydrogens (tertiary/aromatic N) is 1. The third-order valence-electron chi connectivity index (χ3n) is 8.51. The molecule has 0 spiro atoms. The molecule has 3 rings (SSSR count). The Morgan fingerprint density at radius 1 is 0.816 bits per heavy atom. The summed E-state index contributed by atoms with van der Waals surface area (Å²) >= 11 is 0. The first-order valence-electron chi connectivity index (χ1n) is 15.9. The van der Waals surface area contributed by atoms with Gasteiger partial charge in [-0.05, 0) is 68.6 Å². The summed E-state index contributed by atoms with van der Waals surface area (Å²) in [6.45, 7) is 4.74. The molecular formula is C33H54N3O2. The molecule has 3 amide bonds. The molecule has 1 radical (unpaired) electrons. The van der Waals surface area contributed by atoms with Crippen LogP contribution in [-0.2, 0) is 0 Å². The van der Waals surface area contributed by atoms with Crippen molar-refractivity contribution < 1.29 is 9.59 Å². The second kappa shape index (κ2) is 18.3. The summed E-state index contributed by atoms with van der Waals surface area (Å²) < 4.78 is 0. The molecule has 2 N–H and O–H groups in total. The van der Waals surface area contributed by atoms with Crippen LogP contribution in [0.4, 0.5) is 4.79 Å². The molecule has 1 saturated heterocycles. The van der Waals surface area contributed by atoms with Crippen LogP contribution in [0.2, 0.25) is 0 Å². The van der Waals surface area contributed by atoms with Gasteiger partial charge in [0.15, 0.2) is 0 Å². The predicted molar refractivity (Wildman–Crippen MR) is 158 cm³/mol. The molecule has 1 aromatic carbocycles. The Bertz CT molecular complexity index is 780. The Labute approximate surface area is 232 Å². The smallest absolute Gasteiger partial charge is 0.317 e. The lowest BCUT2D eigenvalue weighted by Crippen LogP contribution is -2.48. The van der Waals surface area contributed by atoms with Gasteiger partial charge in [0.2, 0.25) is 0 Å². The highest BCUT2D eigenvalue weighted by molar-refractivity contribution is 5.94. The van der Waals surface area contributed by atoms with Crippen LogP contribution < -0.4 is 10.6 Å². The average Bonchev–Trinajstić information content (AvgIpc) is 2.95. The second-order valence-corrected chi connectivity index (χ2v) is 11.7. The Kier molecular flexibility index (Phi) is 14.7. The van der Waals surface area contributed by atoms with E-state index in [0.717, 1.165) is 63.7 Å². The number of benzene rings is 1. The minimum atomic E-state index is 0.0337. The van der Waals surface area contributed by atoms with Gasteiger partial charge in [-0.2, -0.15) is 0 Å². The van der Waals surface area contributed by atoms with Crippen molar-refractivity contribution in [3.05, 3.63) is 41.8 Å². The molecule has 0 unspecified atom stereocenters. The van der Waals surface area contributed by atoms with Gasteiger partial charge in [0, 0.05) is 31.2 Å². The van der Waals surface area contributed by atoms with Crippen molar-refractivity contribution in [2.75, 3.05) is 19.6 Å². The van der Waals surface area contributed by atoms with E-state index in [1.54, 1.807) is 0 Å². The number of carbonyl (C=O) groups is 2. The zero-order valence-corrected chi connectivity index (χ0v) is 24.2. The first-order valence-corrected chi connectivity index (χ1v) is 15.9. The van der Waals surface area contributed by atoms with Gasteiger partial charge < -0.3 is 15.5 Å². The predicted octanol–water partition coefficient (Wildman–Crippen LogP) is 8.03. The average molecular weight is 525 g/mol. The van der Waals surface area contributed by atoms with E-state index in [-0.39, 0.29) is 11.9 Å². The van der Waals surface area contributed by atoms with Gasteiger partial charge in [-0.3, -0.25) is 4.79 Å². The highest BCUT2D eigenvalue weighted by Crippen LogP contribution is 2.24. The molecule has 1 heterocycles. The van der Waals surface area contributed by atoms with Crippen LogP contribution in [0.15, 0.2) is 24.3 Å². The van der Waals surface area contributed by atoms with Gasteiger partial charge >= 0.3 is 6.03 Å². The van der Waals surface area contributed by atoms with Crippen LogP contribution >= 0.6 is 0 Å². The van der Waals surface area contributed by atoms with Gasteiger partial charge in [0.05, 0.1) is 0 Å². The molecule has 5 nitrogen and oxygen atoms in total. The SMILES string of the molecule is CCCCCCCCCCCCNC(=O)c1ccc([CH]CC2CCN(C(=O)NC3CCCCC3)CC2)cc1. The molecular weight excluding hydrogens is 470 g/mol. The summed E-state index contributed by atoms with van der Waals surface area (Å²) in [6.07, 6.45) is 24.6. The zero-order valence-electron chi connectivity index (χ0n) is 24.2. The van der Waals surface area contributed by atoms with E-state index in [2.05, 4.69) is 36.1 Å². The summed E-state index contributed by atoms with van der Waals surface area (Å²) in [6, 6.07) is 8.52. The second-order valence-electron chi connectivity index (χ2n) is 11.7. The van der Waals surface area contributed by atoms with Crippen molar-refractivity contribution in [3.63, 3.8) is 0 Å². The summed E-state index contributed by atoms with van der Waals surface area (Å²) in [5.41, 5.74) is 1.92. The fourth-order valence-corrected chi connectivity index (χ4v) is 5.87. The molecule has 0 atom stereocenters. The first-order chi connectivity index (χ1) is 18.7. The number of urea groups is 1. The Morgan fingerprint density at radius 2 is 1.42 bits per heavy atom. The van der Waals surface area contributed by atoms with Crippen molar-refractivity contribution in [2.24, 2.45) is 5.92 Å². The van der Waals surface area contributed by atoms with Crippen molar-refractivity contribution in [1.29, 1.82) is 0 Å². The lowest BCUT2D eigenvalue weighted by molar-refractivity contribution is 0.0953. The summed E-state index contributed by atoms with van der Waals surface area (Å²) in [5, 5.41) is 6.33. The Balaban J connectivity index is 1.22. The molecule has 38 heavy (non-hydrogen) atoms. The number of carbonyl (C=O) groups excluding carboxylic acids is 2. The normalized spacial score (nSPS) is 16.9. The van der Waals surface area contributed by atoms with Crippen LogP contribution in [-0.4, -0.2) is 42.5 Å². The van der Waals surface area contributed by atoms with Crippen molar-refractivity contribution in [2.45, 2.75) is 129 Å². The highest BCUT2D eigenvalue weighted by atomic mass is 16.2. The van der Waals surface area contributed by atoms with E-state index in [1.807, 2.05) is 17.0 Å². The molecule has 2 fully saturated rings. The number of amides is 3. The largest absolute Gasteiger partial charge is 0.352 e. The van der Waals surface area contributed by atoms with Gasteiger partial charge in [-0.15, -0.1) is 0 Å². The first kappa shape index (κ1) is 30.5. The molecule has 0 bridgehead atoms. The number of rotatable bonds is 16. The number of unbranched alkanes of at least 4 members (excludes halogenated alkanes) is 9. The third-order valence-corrected chi connectivity index (χ3v) is 8.51. The lowest BCUT2D eigenvalue weighted by atomic mass is 9.90. The monoisotopic (exact) mass is 524 g/mol. The summed E-state index contributed by atoms with van der Waals surface area (Å²) in [5.74, 6) is 0.657. The van der Waals surface area contributed by atoms with Gasteiger partial charge in [-0.25, -0.2) is 4.79 Å². The number of likely N-dealkylation sites (tertiary alicyclic amines) is 1. The number of hydrogen-bond donors (Lipinski definition) is 2. The van der Waals surface area contributed by atoms with Crippen LogP contribution in [0, 0.1) is 12.3 Å². The molecule has 1 aromatic rings. The lowest BCUT2D eigenvalue weighted by Gasteiger charge is -2.34. The van der Waals surface area contributed by atoms with E-state index < -0.39 is 0 Å². The van der Waals surface area contributed by atoms with Crippen LogP contribution in [0.1, 0.15) is 138 Å². The van der Waals surface area contributed by atoms with E-state index >= 15 is 0 Å². The van der Waals surface area contributed by atoms with Gasteiger partial charge in [0.1, 0.15) is 0 Å². The summed E-state index contributed by atoms with van der Waals surface area (Å²) in [7, 11) is 0.